The Bertz CT molecular complexity index is 473. The van der Waals surface area contributed by atoms with Crippen LogP contribution in [-0.4, -0.2) is 25.2 Å². The van der Waals surface area contributed by atoms with E-state index in [1.54, 1.807) is 0 Å². The summed E-state index contributed by atoms with van der Waals surface area (Å²) in [6.45, 7) is 1.37. The van der Waals surface area contributed by atoms with Crippen molar-refractivity contribution >= 4 is 37.8 Å². The average molecular weight is 419 g/mol. The van der Waals surface area contributed by atoms with Gasteiger partial charge in [-0.15, -0.1) is 0 Å². The maximum atomic E-state index is 12.1. The smallest absolute Gasteiger partial charge is 0.252 e. The maximum absolute atomic E-state index is 12.1. The van der Waals surface area contributed by atoms with E-state index in [-0.39, 0.29) is 5.91 Å². The molecule has 0 saturated heterocycles. The van der Waals surface area contributed by atoms with E-state index in [4.69, 9.17) is 4.74 Å². The third kappa shape index (κ3) is 5.72. The molecule has 5 heteroatoms. The van der Waals surface area contributed by atoms with Crippen LogP contribution >= 0.6 is 31.9 Å². The average Bonchev–Trinajstić information content (AvgIpc) is 2.50. The zero-order chi connectivity index (χ0) is 15.1. The summed E-state index contributed by atoms with van der Waals surface area (Å²) in [6, 6.07) is 5.59. The maximum Gasteiger partial charge on any atom is 0.252 e. The number of hydrogen-bond acceptors (Lipinski definition) is 2. The molecule has 1 aromatic rings. The SMILES string of the molecule is O=C(NCCCOC1CCCCC1)c1cc(Br)ccc1Br. The number of amides is 1. The number of halogens is 2. The number of benzene rings is 1. The Morgan fingerprint density at radius 1 is 1.24 bits per heavy atom. The van der Waals surface area contributed by atoms with E-state index < -0.39 is 0 Å². The van der Waals surface area contributed by atoms with E-state index in [1.165, 1.54) is 32.1 Å². The zero-order valence-corrected chi connectivity index (χ0v) is 15.2. The fourth-order valence-electron chi connectivity index (χ4n) is 2.52. The first-order valence-corrected chi connectivity index (χ1v) is 9.10. The molecule has 1 fully saturated rings. The van der Waals surface area contributed by atoms with Crippen molar-refractivity contribution in [3.05, 3.63) is 32.7 Å². The topological polar surface area (TPSA) is 38.3 Å². The normalized spacial score (nSPS) is 15.9. The van der Waals surface area contributed by atoms with Crippen molar-refractivity contribution in [2.75, 3.05) is 13.2 Å². The van der Waals surface area contributed by atoms with Gasteiger partial charge >= 0.3 is 0 Å². The van der Waals surface area contributed by atoms with Crippen LogP contribution < -0.4 is 5.32 Å². The van der Waals surface area contributed by atoms with Crippen molar-refractivity contribution in [1.29, 1.82) is 0 Å². The zero-order valence-electron chi connectivity index (χ0n) is 12.0. The van der Waals surface area contributed by atoms with Gasteiger partial charge in [-0.1, -0.05) is 35.2 Å². The van der Waals surface area contributed by atoms with E-state index in [1.807, 2.05) is 18.2 Å². The highest BCUT2D eigenvalue weighted by molar-refractivity contribution is 9.11. The summed E-state index contributed by atoms with van der Waals surface area (Å²) >= 11 is 6.78. The van der Waals surface area contributed by atoms with Crippen molar-refractivity contribution in [1.82, 2.24) is 5.32 Å². The van der Waals surface area contributed by atoms with Crippen molar-refractivity contribution in [2.45, 2.75) is 44.6 Å². The van der Waals surface area contributed by atoms with Crippen LogP contribution in [-0.2, 0) is 4.74 Å². The minimum atomic E-state index is -0.0548. The molecule has 0 atom stereocenters. The lowest BCUT2D eigenvalue weighted by molar-refractivity contribution is 0.0273. The molecule has 21 heavy (non-hydrogen) atoms. The molecule has 1 aliphatic rings. The predicted octanol–water partition coefficient (Wildman–Crippen LogP) is 4.68. The van der Waals surface area contributed by atoms with Gasteiger partial charge in [-0.3, -0.25) is 4.79 Å². The third-order valence-electron chi connectivity index (χ3n) is 3.69. The monoisotopic (exact) mass is 417 g/mol. The molecule has 0 aliphatic heterocycles. The largest absolute Gasteiger partial charge is 0.378 e. The second kappa shape index (κ2) is 8.91. The standard InChI is InChI=1S/C16H21Br2NO2/c17-12-7-8-15(18)14(11-12)16(20)19-9-4-10-21-13-5-2-1-3-6-13/h7-8,11,13H,1-6,9-10H2,(H,19,20). The lowest BCUT2D eigenvalue weighted by atomic mass is 9.98. The van der Waals surface area contributed by atoms with Crippen LogP contribution in [0.5, 0.6) is 0 Å². The van der Waals surface area contributed by atoms with Gasteiger partial charge in [0.05, 0.1) is 11.7 Å². The Morgan fingerprint density at radius 3 is 2.76 bits per heavy atom. The summed E-state index contributed by atoms with van der Waals surface area (Å²) in [7, 11) is 0. The molecule has 1 amide bonds. The molecule has 3 nitrogen and oxygen atoms in total. The van der Waals surface area contributed by atoms with E-state index in [9.17, 15) is 4.79 Å². The minimum Gasteiger partial charge on any atom is -0.378 e. The molecular weight excluding hydrogens is 398 g/mol. The quantitative estimate of drug-likeness (QED) is 0.681. The number of nitrogens with one attached hydrogen (secondary N) is 1. The molecule has 1 aromatic carbocycles. The van der Waals surface area contributed by atoms with E-state index >= 15 is 0 Å². The molecule has 0 radical (unpaired) electrons. The Hall–Kier alpha value is -0.390. The number of carbonyl (C=O) groups excluding carboxylic acids is 1. The van der Waals surface area contributed by atoms with E-state index in [0.29, 0.717) is 18.2 Å². The van der Waals surface area contributed by atoms with Gasteiger partial charge < -0.3 is 10.1 Å². The second-order valence-electron chi connectivity index (χ2n) is 5.36. The summed E-state index contributed by atoms with van der Waals surface area (Å²) in [5.41, 5.74) is 0.651. The second-order valence-corrected chi connectivity index (χ2v) is 7.13. The van der Waals surface area contributed by atoms with E-state index in [2.05, 4.69) is 37.2 Å². The molecule has 0 heterocycles. The summed E-state index contributed by atoms with van der Waals surface area (Å²) in [6.07, 6.45) is 7.60. The molecule has 0 bridgehead atoms. The van der Waals surface area contributed by atoms with Crippen LogP contribution in [0.3, 0.4) is 0 Å². The van der Waals surface area contributed by atoms with Crippen LogP contribution in [0.1, 0.15) is 48.9 Å². The Morgan fingerprint density at radius 2 is 2.00 bits per heavy atom. The molecule has 0 aromatic heterocycles. The lowest BCUT2D eigenvalue weighted by Gasteiger charge is -2.21. The van der Waals surface area contributed by atoms with Crippen molar-refractivity contribution in [3.63, 3.8) is 0 Å². The van der Waals surface area contributed by atoms with Crippen molar-refractivity contribution in [2.24, 2.45) is 0 Å². The number of rotatable bonds is 6. The molecule has 0 unspecified atom stereocenters. The fraction of sp³-hybridized carbons (Fsp3) is 0.562. The predicted molar refractivity (Wildman–Crippen MR) is 91.6 cm³/mol. The van der Waals surface area contributed by atoms with Gasteiger partial charge in [0.25, 0.3) is 5.91 Å². The molecular formula is C16H21Br2NO2. The van der Waals surface area contributed by atoms with Crippen LogP contribution in [0.4, 0.5) is 0 Å². The van der Waals surface area contributed by atoms with Gasteiger partial charge in [0, 0.05) is 22.1 Å². The van der Waals surface area contributed by atoms with Crippen molar-refractivity contribution < 1.29 is 9.53 Å². The number of hydrogen-bond donors (Lipinski definition) is 1. The first-order chi connectivity index (χ1) is 10.2. The first-order valence-electron chi connectivity index (χ1n) is 7.51. The summed E-state index contributed by atoms with van der Waals surface area (Å²) in [5.74, 6) is -0.0548. The molecule has 1 aliphatic carbocycles. The molecule has 116 valence electrons. The third-order valence-corrected chi connectivity index (χ3v) is 4.87. The Labute approximate surface area is 143 Å². The Kier molecular flexibility index (Phi) is 7.20. The highest BCUT2D eigenvalue weighted by Crippen LogP contribution is 2.22. The molecule has 2 rings (SSSR count). The number of carbonyl (C=O) groups is 1. The lowest BCUT2D eigenvalue weighted by Crippen LogP contribution is -2.26. The van der Waals surface area contributed by atoms with Crippen LogP contribution in [0.2, 0.25) is 0 Å². The summed E-state index contributed by atoms with van der Waals surface area (Å²) in [4.78, 5) is 12.1. The van der Waals surface area contributed by atoms with Crippen LogP contribution in [0.15, 0.2) is 27.1 Å². The molecule has 1 saturated carbocycles. The van der Waals surface area contributed by atoms with Gasteiger partial charge in [-0.2, -0.15) is 0 Å². The van der Waals surface area contributed by atoms with E-state index in [0.717, 1.165) is 22.0 Å². The van der Waals surface area contributed by atoms with Gasteiger partial charge in [-0.05, 0) is 53.4 Å². The van der Waals surface area contributed by atoms with Crippen LogP contribution in [0, 0.1) is 0 Å². The fourth-order valence-corrected chi connectivity index (χ4v) is 3.31. The van der Waals surface area contributed by atoms with Gasteiger partial charge in [0.15, 0.2) is 0 Å². The highest BCUT2D eigenvalue weighted by atomic mass is 79.9. The Balaban J connectivity index is 1.66. The highest BCUT2D eigenvalue weighted by Gasteiger charge is 2.13. The van der Waals surface area contributed by atoms with Crippen LogP contribution in [0.25, 0.3) is 0 Å². The number of ether oxygens (including phenoxy) is 1. The van der Waals surface area contributed by atoms with Gasteiger partial charge in [0.2, 0.25) is 0 Å². The summed E-state index contributed by atoms with van der Waals surface area (Å²) < 4.78 is 7.55. The minimum absolute atomic E-state index is 0.0548. The van der Waals surface area contributed by atoms with Gasteiger partial charge in [-0.25, -0.2) is 0 Å². The first kappa shape index (κ1) is 17.0. The molecule has 0 spiro atoms. The van der Waals surface area contributed by atoms with Crippen molar-refractivity contribution in [3.8, 4) is 0 Å². The summed E-state index contributed by atoms with van der Waals surface area (Å²) in [5, 5.41) is 2.93. The molecule has 1 N–H and O–H groups in total. The van der Waals surface area contributed by atoms with Gasteiger partial charge in [0.1, 0.15) is 0 Å².